The van der Waals surface area contributed by atoms with Crippen LogP contribution >= 0.6 is 0 Å². The molecule has 204 valence electrons. The first-order valence-electron chi connectivity index (χ1n) is 12.6. The number of aliphatic imine (C=N–C) groups is 1. The van der Waals surface area contributed by atoms with Crippen LogP contribution in [0.4, 0.5) is 14.5 Å². The number of carbonyl (C=O) groups excluding carboxylic acids is 2. The van der Waals surface area contributed by atoms with Crippen molar-refractivity contribution in [2.75, 3.05) is 18.6 Å². The molecule has 3 aromatic carbocycles. The van der Waals surface area contributed by atoms with Crippen LogP contribution in [0.3, 0.4) is 0 Å². The third kappa shape index (κ3) is 5.89. The maximum atomic E-state index is 14.1. The highest BCUT2D eigenvalue weighted by atomic mass is 19.1. The standard InChI is InChI=1S/C30H31F2N3O4/c1-18(2)13-24(26(36)17-39-22-15-20(31)14-21(32)16-22)28(37)30(33)29(38)35(3)25-12-8-7-11-23(25)27(34-30)19-9-5-4-6-10-19/h4-12,14-16,18,24,26,36H,13,17,33H2,1-3H3/t24-,26-,30?/m1/s1. The molecule has 0 aromatic heterocycles. The van der Waals surface area contributed by atoms with Crippen molar-refractivity contribution in [3.05, 3.63) is 95.6 Å². The number of carbonyl (C=O) groups is 2. The summed E-state index contributed by atoms with van der Waals surface area (Å²) in [7, 11) is 1.52. The van der Waals surface area contributed by atoms with Gasteiger partial charge >= 0.3 is 0 Å². The number of hydrogen-bond acceptors (Lipinski definition) is 6. The van der Waals surface area contributed by atoms with Crippen molar-refractivity contribution in [1.29, 1.82) is 0 Å². The molecular weight excluding hydrogens is 504 g/mol. The molecule has 1 aliphatic heterocycles. The molecule has 3 N–H and O–H groups in total. The molecule has 4 rings (SSSR count). The quantitative estimate of drug-likeness (QED) is 0.402. The summed E-state index contributed by atoms with van der Waals surface area (Å²) in [6, 6.07) is 18.8. The van der Waals surface area contributed by atoms with Crippen LogP contribution in [-0.2, 0) is 9.59 Å². The maximum absolute atomic E-state index is 14.1. The lowest BCUT2D eigenvalue weighted by molar-refractivity contribution is -0.139. The Balaban J connectivity index is 1.74. The summed E-state index contributed by atoms with van der Waals surface area (Å²) < 4.78 is 32.6. The third-order valence-corrected chi connectivity index (χ3v) is 6.65. The van der Waals surface area contributed by atoms with Gasteiger partial charge in [0.25, 0.3) is 5.91 Å². The number of nitrogens with two attached hydrogens (primary N) is 1. The number of rotatable bonds is 9. The number of halogens is 2. The molecule has 0 fully saturated rings. The Morgan fingerprint density at radius 1 is 1.05 bits per heavy atom. The first-order valence-corrected chi connectivity index (χ1v) is 12.6. The molecule has 0 radical (unpaired) electrons. The van der Waals surface area contributed by atoms with Crippen molar-refractivity contribution in [2.24, 2.45) is 22.6 Å². The second-order valence-corrected chi connectivity index (χ2v) is 10.1. The minimum atomic E-state index is -2.36. The first-order chi connectivity index (χ1) is 18.5. The molecule has 0 bridgehead atoms. The van der Waals surface area contributed by atoms with Gasteiger partial charge in [0.2, 0.25) is 5.66 Å². The lowest BCUT2D eigenvalue weighted by atomic mass is 9.82. The number of amides is 1. The second kappa shape index (κ2) is 11.4. The van der Waals surface area contributed by atoms with Crippen molar-refractivity contribution >= 4 is 23.1 Å². The number of likely N-dealkylation sites (N-methyl/N-ethyl adjacent to an activating group) is 1. The Morgan fingerprint density at radius 2 is 1.67 bits per heavy atom. The lowest BCUT2D eigenvalue weighted by Gasteiger charge is -2.32. The van der Waals surface area contributed by atoms with Crippen LogP contribution in [0.5, 0.6) is 5.75 Å². The van der Waals surface area contributed by atoms with Gasteiger partial charge in [-0.25, -0.2) is 13.8 Å². The van der Waals surface area contributed by atoms with E-state index in [-0.39, 0.29) is 18.1 Å². The lowest BCUT2D eigenvalue weighted by Crippen LogP contribution is -2.61. The van der Waals surface area contributed by atoms with E-state index in [2.05, 4.69) is 4.99 Å². The Labute approximate surface area is 225 Å². The largest absolute Gasteiger partial charge is 0.491 e. The van der Waals surface area contributed by atoms with E-state index in [1.165, 1.54) is 11.9 Å². The number of para-hydroxylation sites is 1. The van der Waals surface area contributed by atoms with Crippen LogP contribution < -0.4 is 15.4 Å². The number of benzodiazepines with no additional fused rings is 1. The molecule has 7 nitrogen and oxygen atoms in total. The van der Waals surface area contributed by atoms with Crippen molar-refractivity contribution in [3.8, 4) is 5.75 Å². The van der Waals surface area contributed by atoms with Gasteiger partial charge in [0.15, 0.2) is 5.78 Å². The summed E-state index contributed by atoms with van der Waals surface area (Å²) in [5.41, 5.74) is 6.45. The number of aliphatic hydroxyl groups is 1. The molecule has 1 aliphatic rings. The van der Waals surface area contributed by atoms with E-state index in [4.69, 9.17) is 10.5 Å². The Bertz CT molecular complexity index is 1380. The predicted molar refractivity (Wildman–Crippen MR) is 145 cm³/mol. The minimum Gasteiger partial charge on any atom is -0.491 e. The normalized spacial score (nSPS) is 18.7. The molecule has 0 saturated carbocycles. The number of ether oxygens (including phenoxy) is 1. The zero-order valence-electron chi connectivity index (χ0n) is 22.0. The predicted octanol–water partition coefficient (Wildman–Crippen LogP) is 4.10. The summed E-state index contributed by atoms with van der Waals surface area (Å²) in [5.74, 6) is -4.59. The van der Waals surface area contributed by atoms with Crippen molar-refractivity contribution in [3.63, 3.8) is 0 Å². The molecular formula is C30H31F2N3O4. The Kier molecular flexibility index (Phi) is 8.22. The molecule has 1 heterocycles. The van der Waals surface area contributed by atoms with Crippen LogP contribution in [0, 0.1) is 23.5 Å². The summed E-state index contributed by atoms with van der Waals surface area (Å²) in [4.78, 5) is 33.8. The molecule has 9 heteroatoms. The Hall–Kier alpha value is -3.95. The van der Waals surface area contributed by atoms with Crippen molar-refractivity contribution < 1.29 is 28.2 Å². The summed E-state index contributed by atoms with van der Waals surface area (Å²) in [6.07, 6.45) is -1.27. The van der Waals surface area contributed by atoms with E-state index in [9.17, 15) is 23.5 Å². The van der Waals surface area contributed by atoms with Gasteiger partial charge in [-0.1, -0.05) is 62.4 Å². The number of ketones is 1. The Morgan fingerprint density at radius 3 is 2.31 bits per heavy atom. The second-order valence-electron chi connectivity index (χ2n) is 10.1. The minimum absolute atomic E-state index is 0.0720. The van der Waals surface area contributed by atoms with E-state index in [0.29, 0.717) is 28.6 Å². The van der Waals surface area contributed by atoms with Gasteiger partial charge in [-0.15, -0.1) is 0 Å². The number of aliphatic hydroxyl groups excluding tert-OH is 1. The highest BCUT2D eigenvalue weighted by Crippen LogP contribution is 2.33. The highest BCUT2D eigenvalue weighted by molar-refractivity contribution is 6.26. The van der Waals surface area contributed by atoms with E-state index in [1.54, 1.807) is 24.3 Å². The van der Waals surface area contributed by atoms with Crippen LogP contribution in [0.2, 0.25) is 0 Å². The van der Waals surface area contributed by atoms with Gasteiger partial charge in [-0.2, -0.15) is 0 Å². The van der Waals surface area contributed by atoms with E-state index >= 15 is 0 Å². The van der Waals surface area contributed by atoms with Crippen LogP contribution in [0.1, 0.15) is 31.4 Å². The molecule has 1 unspecified atom stereocenters. The number of hydrogen-bond donors (Lipinski definition) is 2. The summed E-state index contributed by atoms with van der Waals surface area (Å²) in [6.45, 7) is 3.25. The number of benzene rings is 3. The van der Waals surface area contributed by atoms with Gasteiger partial charge < -0.3 is 14.7 Å². The van der Waals surface area contributed by atoms with Crippen LogP contribution in [0.15, 0.2) is 77.8 Å². The van der Waals surface area contributed by atoms with Gasteiger partial charge in [0.05, 0.1) is 23.4 Å². The molecule has 1 amide bonds. The van der Waals surface area contributed by atoms with Gasteiger partial charge in [0, 0.05) is 36.4 Å². The van der Waals surface area contributed by atoms with Crippen LogP contribution in [0.25, 0.3) is 0 Å². The van der Waals surface area contributed by atoms with Crippen molar-refractivity contribution in [1.82, 2.24) is 0 Å². The fraction of sp³-hybridized carbons (Fsp3) is 0.300. The molecule has 39 heavy (non-hydrogen) atoms. The van der Waals surface area contributed by atoms with E-state index in [1.807, 2.05) is 44.2 Å². The summed E-state index contributed by atoms with van der Waals surface area (Å²) in [5, 5.41) is 11.1. The molecule has 3 atom stereocenters. The first kappa shape index (κ1) is 28.1. The number of nitrogens with zero attached hydrogens (tertiary/aromatic N) is 2. The fourth-order valence-electron chi connectivity index (χ4n) is 4.73. The fourth-order valence-corrected chi connectivity index (χ4v) is 4.73. The number of anilines is 1. The van der Waals surface area contributed by atoms with Crippen molar-refractivity contribution in [2.45, 2.75) is 32.0 Å². The topological polar surface area (TPSA) is 105 Å². The van der Waals surface area contributed by atoms with Crippen LogP contribution in [-0.4, -0.2) is 47.9 Å². The smallest absolute Gasteiger partial charge is 0.277 e. The average Bonchev–Trinajstić information content (AvgIpc) is 2.99. The maximum Gasteiger partial charge on any atom is 0.277 e. The van der Waals surface area contributed by atoms with Gasteiger partial charge in [0.1, 0.15) is 24.0 Å². The van der Waals surface area contributed by atoms with E-state index in [0.717, 1.165) is 12.1 Å². The molecule has 0 aliphatic carbocycles. The third-order valence-electron chi connectivity index (χ3n) is 6.65. The summed E-state index contributed by atoms with van der Waals surface area (Å²) >= 11 is 0. The molecule has 3 aromatic rings. The highest BCUT2D eigenvalue weighted by Gasteiger charge is 2.50. The van der Waals surface area contributed by atoms with Gasteiger partial charge in [-0.3, -0.25) is 15.3 Å². The molecule has 0 spiro atoms. The SMILES string of the molecule is CC(C)C[C@@H](C(=O)C1(N)N=C(c2ccccc2)c2ccccc2N(C)C1=O)[C@H](O)COc1cc(F)cc(F)c1. The number of fused-ring (bicyclic) bond motifs is 1. The zero-order chi connectivity index (χ0) is 28.3. The number of Topliss-reactive ketones (excluding diaryl/α,β-unsaturated/α-hetero) is 1. The zero-order valence-corrected chi connectivity index (χ0v) is 22.0. The molecule has 0 saturated heterocycles. The average molecular weight is 536 g/mol. The van der Waals surface area contributed by atoms with Gasteiger partial charge in [-0.05, 0) is 18.4 Å². The monoisotopic (exact) mass is 535 g/mol. The van der Waals surface area contributed by atoms with E-state index < -0.39 is 47.6 Å².